The van der Waals surface area contributed by atoms with Crippen LogP contribution >= 0.6 is 0 Å². The van der Waals surface area contributed by atoms with Gasteiger partial charge in [0.2, 0.25) is 0 Å². The van der Waals surface area contributed by atoms with E-state index in [1.54, 1.807) is 0 Å². The molecule has 0 bridgehead atoms. The molecule has 0 amide bonds. The van der Waals surface area contributed by atoms with Crippen molar-refractivity contribution in [3.63, 3.8) is 0 Å². The van der Waals surface area contributed by atoms with Crippen LogP contribution < -0.4 is 5.32 Å². The molecule has 1 unspecified atom stereocenters. The molecule has 1 aromatic rings. The molecule has 0 spiro atoms. The first-order valence-electron chi connectivity index (χ1n) is 7.84. The number of carbonyl (C=O) groups excluding carboxylic acids is 1. The molecule has 12 heteroatoms. The molecule has 1 N–H and O–H groups in total. The Morgan fingerprint density at radius 1 is 1.25 bits per heavy atom. The SMILES string of the molecule is CCOC(=O)C1=C(C)NC(C(F)(F)F)=C([N+](=O)[O-])C1c1cccc([N+](=O)[O-])c1. The predicted octanol–water partition coefficient (Wildman–Crippen LogP) is 3.17. The Bertz CT molecular complexity index is 907. The maximum absolute atomic E-state index is 13.4. The number of nitro benzene ring substituents is 1. The molecule has 0 saturated carbocycles. The molecular weight excluding hydrogens is 387 g/mol. The number of nitrogens with zero attached hydrogens (tertiary/aromatic N) is 2. The van der Waals surface area contributed by atoms with Crippen LogP contribution in [-0.4, -0.2) is 28.6 Å². The van der Waals surface area contributed by atoms with Crippen molar-refractivity contribution in [3.05, 3.63) is 72.7 Å². The van der Waals surface area contributed by atoms with Crippen LogP contribution in [0.15, 0.2) is 46.9 Å². The lowest BCUT2D eigenvalue weighted by Gasteiger charge is -2.28. The second-order valence-corrected chi connectivity index (χ2v) is 5.68. The highest BCUT2D eigenvalue weighted by molar-refractivity contribution is 5.92. The van der Waals surface area contributed by atoms with Crippen molar-refractivity contribution in [3.8, 4) is 0 Å². The van der Waals surface area contributed by atoms with Gasteiger partial charge in [-0.25, -0.2) is 4.79 Å². The van der Waals surface area contributed by atoms with Crippen LogP contribution in [0.25, 0.3) is 0 Å². The fourth-order valence-corrected chi connectivity index (χ4v) is 2.85. The van der Waals surface area contributed by atoms with E-state index in [2.05, 4.69) is 0 Å². The van der Waals surface area contributed by atoms with E-state index in [-0.39, 0.29) is 17.9 Å². The Balaban J connectivity index is 2.82. The minimum absolute atomic E-state index is 0.124. The molecule has 1 aliphatic heterocycles. The van der Waals surface area contributed by atoms with E-state index in [1.807, 2.05) is 5.32 Å². The first-order valence-corrected chi connectivity index (χ1v) is 7.84. The molecule has 1 aromatic carbocycles. The van der Waals surface area contributed by atoms with Crippen molar-refractivity contribution in [1.82, 2.24) is 5.32 Å². The molecule has 1 atom stereocenters. The van der Waals surface area contributed by atoms with Gasteiger partial charge < -0.3 is 10.1 Å². The number of rotatable bonds is 5. The van der Waals surface area contributed by atoms with Crippen LogP contribution in [0.1, 0.15) is 25.3 Å². The average molecular weight is 401 g/mol. The summed E-state index contributed by atoms with van der Waals surface area (Å²) in [4.78, 5) is 32.9. The molecule has 1 heterocycles. The standard InChI is InChI=1S/C16H14F3N3O6/c1-3-28-15(23)11-8(2)20-14(16(17,18)19)13(22(26)27)12(11)9-5-4-6-10(7-9)21(24)25/h4-7,12,20H,3H2,1-2H3. The minimum atomic E-state index is -5.12. The van der Waals surface area contributed by atoms with Crippen LogP contribution in [0.4, 0.5) is 18.9 Å². The van der Waals surface area contributed by atoms with Gasteiger partial charge in [0.15, 0.2) is 5.70 Å². The second kappa shape index (κ2) is 7.66. The van der Waals surface area contributed by atoms with Gasteiger partial charge in [0, 0.05) is 17.8 Å². The van der Waals surface area contributed by atoms with Crippen molar-refractivity contribution in [1.29, 1.82) is 0 Å². The highest BCUT2D eigenvalue weighted by atomic mass is 19.4. The molecule has 0 aromatic heterocycles. The normalized spacial score (nSPS) is 17.2. The molecular formula is C16H14F3N3O6. The van der Waals surface area contributed by atoms with E-state index in [1.165, 1.54) is 19.1 Å². The van der Waals surface area contributed by atoms with Crippen molar-refractivity contribution in [2.24, 2.45) is 0 Å². The lowest BCUT2D eigenvalue weighted by atomic mass is 9.83. The Morgan fingerprint density at radius 2 is 1.89 bits per heavy atom. The summed E-state index contributed by atoms with van der Waals surface area (Å²) in [7, 11) is 0. The molecule has 0 saturated heterocycles. The number of halogens is 3. The monoisotopic (exact) mass is 401 g/mol. The number of hydrogen-bond acceptors (Lipinski definition) is 7. The third kappa shape index (κ3) is 3.94. The van der Waals surface area contributed by atoms with Gasteiger partial charge in [0.25, 0.3) is 11.4 Å². The number of ether oxygens (including phenoxy) is 1. The van der Waals surface area contributed by atoms with Gasteiger partial charge in [-0.2, -0.15) is 13.2 Å². The predicted molar refractivity (Wildman–Crippen MR) is 88.4 cm³/mol. The lowest BCUT2D eigenvalue weighted by molar-refractivity contribution is -0.433. The van der Waals surface area contributed by atoms with Gasteiger partial charge in [0.1, 0.15) is 5.92 Å². The Hall–Kier alpha value is -3.44. The number of carbonyl (C=O) groups is 1. The summed E-state index contributed by atoms with van der Waals surface area (Å²) in [6.45, 7) is 2.47. The van der Waals surface area contributed by atoms with Crippen LogP contribution in [0.2, 0.25) is 0 Å². The van der Waals surface area contributed by atoms with E-state index >= 15 is 0 Å². The Morgan fingerprint density at radius 3 is 2.39 bits per heavy atom. The molecule has 0 radical (unpaired) electrons. The summed E-state index contributed by atoms with van der Waals surface area (Å²) in [5.74, 6) is -2.88. The highest BCUT2D eigenvalue weighted by Crippen LogP contribution is 2.43. The van der Waals surface area contributed by atoms with Crippen molar-refractivity contribution >= 4 is 11.7 Å². The number of dihydropyridines is 1. The second-order valence-electron chi connectivity index (χ2n) is 5.68. The van der Waals surface area contributed by atoms with Crippen molar-refractivity contribution in [2.45, 2.75) is 25.9 Å². The third-order valence-corrected chi connectivity index (χ3v) is 3.92. The number of nitro groups is 2. The number of benzene rings is 1. The van der Waals surface area contributed by atoms with Gasteiger partial charge in [0.05, 0.1) is 22.0 Å². The number of alkyl halides is 3. The smallest absolute Gasteiger partial charge is 0.437 e. The summed E-state index contributed by atoms with van der Waals surface area (Å²) in [6.07, 6.45) is -5.12. The summed E-state index contributed by atoms with van der Waals surface area (Å²) in [5, 5.41) is 24.4. The van der Waals surface area contributed by atoms with Crippen LogP contribution in [0.3, 0.4) is 0 Å². The lowest BCUT2D eigenvalue weighted by Crippen LogP contribution is -2.38. The summed E-state index contributed by atoms with van der Waals surface area (Å²) < 4.78 is 45.1. The van der Waals surface area contributed by atoms with Gasteiger partial charge in [-0.05, 0) is 19.4 Å². The minimum Gasteiger partial charge on any atom is -0.463 e. The molecule has 28 heavy (non-hydrogen) atoms. The van der Waals surface area contributed by atoms with Gasteiger partial charge in [-0.15, -0.1) is 0 Å². The molecule has 9 nitrogen and oxygen atoms in total. The van der Waals surface area contributed by atoms with E-state index in [0.717, 1.165) is 19.1 Å². The zero-order valence-electron chi connectivity index (χ0n) is 14.6. The zero-order valence-corrected chi connectivity index (χ0v) is 14.6. The van der Waals surface area contributed by atoms with Crippen molar-refractivity contribution < 1.29 is 32.5 Å². The fraction of sp³-hybridized carbons (Fsp3) is 0.312. The molecule has 1 aliphatic rings. The van der Waals surface area contributed by atoms with E-state index in [4.69, 9.17) is 4.74 Å². The first-order chi connectivity index (χ1) is 13.0. The zero-order chi connectivity index (χ0) is 21.2. The van der Waals surface area contributed by atoms with E-state index in [9.17, 15) is 38.2 Å². The quantitative estimate of drug-likeness (QED) is 0.456. The third-order valence-electron chi connectivity index (χ3n) is 3.92. The van der Waals surface area contributed by atoms with Gasteiger partial charge >= 0.3 is 12.1 Å². The Labute approximate surface area is 155 Å². The van der Waals surface area contributed by atoms with Crippen LogP contribution in [0.5, 0.6) is 0 Å². The van der Waals surface area contributed by atoms with Crippen LogP contribution in [-0.2, 0) is 9.53 Å². The number of non-ortho nitro benzene ring substituents is 1. The fourth-order valence-electron chi connectivity index (χ4n) is 2.85. The molecule has 0 fully saturated rings. The maximum atomic E-state index is 13.4. The molecule has 150 valence electrons. The first kappa shape index (κ1) is 20.9. The number of hydrogen-bond donors (Lipinski definition) is 1. The maximum Gasteiger partial charge on any atom is 0.437 e. The van der Waals surface area contributed by atoms with E-state index in [0.29, 0.717) is 0 Å². The summed E-state index contributed by atoms with van der Waals surface area (Å²) in [5.41, 5.74) is -4.43. The van der Waals surface area contributed by atoms with Gasteiger partial charge in [-0.3, -0.25) is 20.2 Å². The van der Waals surface area contributed by atoms with Gasteiger partial charge in [-0.1, -0.05) is 12.1 Å². The summed E-state index contributed by atoms with van der Waals surface area (Å²) >= 11 is 0. The number of esters is 1. The highest BCUT2D eigenvalue weighted by Gasteiger charge is 2.50. The topological polar surface area (TPSA) is 125 Å². The molecule has 2 rings (SSSR count). The average Bonchev–Trinajstić information content (AvgIpc) is 2.59. The Kier molecular flexibility index (Phi) is 5.71. The van der Waals surface area contributed by atoms with Crippen molar-refractivity contribution in [2.75, 3.05) is 6.61 Å². The summed E-state index contributed by atoms with van der Waals surface area (Å²) in [6, 6.07) is 4.30. The molecule has 0 aliphatic carbocycles. The number of nitrogens with one attached hydrogen (secondary N) is 1. The largest absolute Gasteiger partial charge is 0.463 e. The van der Waals surface area contributed by atoms with Crippen LogP contribution in [0, 0.1) is 20.2 Å². The van der Waals surface area contributed by atoms with E-state index < -0.39 is 50.6 Å². The number of allylic oxidation sites excluding steroid dienone is 3.